The lowest BCUT2D eigenvalue weighted by Crippen LogP contribution is -2.43. The molecule has 3 rings (SSSR count). The molecule has 1 aromatic carbocycles. The molecule has 0 saturated heterocycles. The number of ketones is 1. The largest absolute Gasteiger partial charge is 0.478 e. The van der Waals surface area contributed by atoms with Gasteiger partial charge in [0.1, 0.15) is 5.78 Å². The van der Waals surface area contributed by atoms with Crippen molar-refractivity contribution in [1.29, 1.82) is 0 Å². The first-order chi connectivity index (χ1) is 11.1. The highest BCUT2D eigenvalue weighted by molar-refractivity contribution is 7.92. The first-order valence-corrected chi connectivity index (χ1v) is 9.60. The van der Waals surface area contributed by atoms with Gasteiger partial charge in [-0.05, 0) is 42.4 Å². The van der Waals surface area contributed by atoms with Gasteiger partial charge in [0.2, 0.25) is 10.0 Å². The zero-order valence-electron chi connectivity index (χ0n) is 13.7. The van der Waals surface area contributed by atoms with Crippen molar-refractivity contribution in [2.75, 3.05) is 10.5 Å². The van der Waals surface area contributed by atoms with Gasteiger partial charge in [0.05, 0.1) is 16.7 Å². The van der Waals surface area contributed by atoms with Gasteiger partial charge in [0.15, 0.2) is 0 Å². The third-order valence-corrected chi connectivity index (χ3v) is 7.38. The van der Waals surface area contributed by atoms with Crippen molar-refractivity contribution >= 4 is 27.5 Å². The molecule has 0 spiro atoms. The molecule has 24 heavy (non-hydrogen) atoms. The van der Waals surface area contributed by atoms with Crippen molar-refractivity contribution in [1.82, 2.24) is 0 Å². The summed E-state index contributed by atoms with van der Waals surface area (Å²) in [6, 6.07) is 5.65. The Morgan fingerprint density at radius 3 is 2.62 bits per heavy atom. The van der Waals surface area contributed by atoms with Gasteiger partial charge in [0.25, 0.3) is 0 Å². The Morgan fingerprint density at radius 2 is 2.08 bits per heavy atom. The fourth-order valence-corrected chi connectivity index (χ4v) is 6.25. The van der Waals surface area contributed by atoms with Crippen LogP contribution >= 0.6 is 0 Å². The minimum Gasteiger partial charge on any atom is -0.478 e. The van der Waals surface area contributed by atoms with E-state index < -0.39 is 21.4 Å². The van der Waals surface area contributed by atoms with Crippen LogP contribution in [0.15, 0.2) is 24.3 Å². The lowest BCUT2D eigenvalue weighted by Gasteiger charge is -2.36. The number of Topliss-reactive ketones (excluding diaryl/α,β-unsaturated/α-hetero) is 1. The molecule has 2 aliphatic rings. The Labute approximate surface area is 141 Å². The highest BCUT2D eigenvalue weighted by Crippen LogP contribution is 2.64. The number of hydrogen-bond acceptors (Lipinski definition) is 4. The maximum atomic E-state index is 12.6. The lowest BCUT2D eigenvalue weighted by atomic mass is 9.70. The summed E-state index contributed by atoms with van der Waals surface area (Å²) in [4.78, 5) is 23.5. The van der Waals surface area contributed by atoms with Crippen molar-refractivity contribution in [3.63, 3.8) is 0 Å². The van der Waals surface area contributed by atoms with Gasteiger partial charge < -0.3 is 5.11 Å². The highest BCUT2D eigenvalue weighted by Gasteiger charge is 2.65. The van der Waals surface area contributed by atoms with Gasteiger partial charge in [-0.1, -0.05) is 19.9 Å². The average Bonchev–Trinajstić information content (AvgIpc) is 2.80. The summed E-state index contributed by atoms with van der Waals surface area (Å²) in [5.74, 6) is -1.09. The first-order valence-electron chi connectivity index (χ1n) is 7.95. The summed E-state index contributed by atoms with van der Waals surface area (Å²) < 4.78 is 27.7. The van der Waals surface area contributed by atoms with Crippen molar-refractivity contribution in [3.05, 3.63) is 29.8 Å². The molecular formula is C17H21NO5S. The van der Waals surface area contributed by atoms with E-state index in [0.717, 1.165) is 6.42 Å². The lowest BCUT2D eigenvalue weighted by molar-refractivity contribution is -0.128. The van der Waals surface area contributed by atoms with Crippen molar-refractivity contribution in [2.45, 2.75) is 33.1 Å². The number of benzene rings is 1. The van der Waals surface area contributed by atoms with Gasteiger partial charge in [0, 0.05) is 12.1 Å². The van der Waals surface area contributed by atoms with Crippen molar-refractivity contribution in [3.8, 4) is 0 Å². The average molecular weight is 351 g/mol. The molecule has 2 atom stereocenters. The van der Waals surface area contributed by atoms with Crippen LogP contribution in [-0.2, 0) is 14.8 Å². The Balaban J connectivity index is 1.86. The summed E-state index contributed by atoms with van der Waals surface area (Å²) in [6.45, 7) is 3.96. The van der Waals surface area contributed by atoms with Crippen molar-refractivity contribution in [2.24, 2.45) is 16.7 Å². The molecule has 7 heteroatoms. The topological polar surface area (TPSA) is 101 Å². The van der Waals surface area contributed by atoms with E-state index in [1.54, 1.807) is 0 Å². The summed E-state index contributed by atoms with van der Waals surface area (Å²) in [7, 11) is -3.77. The Kier molecular flexibility index (Phi) is 3.75. The summed E-state index contributed by atoms with van der Waals surface area (Å²) in [6.07, 6.45) is 1.93. The molecule has 0 aromatic heterocycles. The molecule has 0 heterocycles. The van der Waals surface area contributed by atoms with E-state index >= 15 is 0 Å². The van der Waals surface area contributed by atoms with Crippen molar-refractivity contribution < 1.29 is 23.1 Å². The zero-order valence-corrected chi connectivity index (χ0v) is 14.5. The molecule has 1 aromatic rings. The summed E-state index contributed by atoms with van der Waals surface area (Å²) >= 11 is 0. The van der Waals surface area contributed by atoms with E-state index in [9.17, 15) is 18.0 Å². The zero-order chi connectivity index (χ0) is 17.8. The van der Waals surface area contributed by atoms with E-state index in [2.05, 4.69) is 4.72 Å². The number of rotatable bonds is 5. The minimum absolute atomic E-state index is 0.00608. The first kappa shape index (κ1) is 17.0. The number of sulfonamides is 1. The smallest absolute Gasteiger partial charge is 0.335 e. The molecule has 0 radical (unpaired) electrons. The Morgan fingerprint density at radius 1 is 1.38 bits per heavy atom. The fourth-order valence-electron chi connectivity index (χ4n) is 4.36. The van der Waals surface area contributed by atoms with Crippen LogP contribution in [-0.4, -0.2) is 31.0 Å². The van der Waals surface area contributed by atoms with Crippen LogP contribution in [0, 0.1) is 16.7 Å². The molecule has 130 valence electrons. The van der Waals surface area contributed by atoms with Gasteiger partial charge >= 0.3 is 5.97 Å². The van der Waals surface area contributed by atoms with Crippen LogP contribution in [0.5, 0.6) is 0 Å². The molecule has 2 saturated carbocycles. The van der Waals surface area contributed by atoms with E-state index in [4.69, 9.17) is 5.11 Å². The summed E-state index contributed by atoms with van der Waals surface area (Å²) in [5, 5.41) is 9.00. The quantitative estimate of drug-likeness (QED) is 0.849. The molecule has 0 aliphatic heterocycles. The van der Waals surface area contributed by atoms with E-state index in [-0.39, 0.29) is 34.1 Å². The molecule has 2 fully saturated rings. The number of aromatic carboxylic acids is 1. The number of anilines is 1. The predicted octanol–water partition coefficient (Wildman–Crippen LogP) is 2.52. The number of hydrogen-bond donors (Lipinski definition) is 2. The fraction of sp³-hybridized carbons (Fsp3) is 0.529. The van der Waals surface area contributed by atoms with E-state index in [0.29, 0.717) is 12.8 Å². The molecule has 0 amide bonds. The Hall–Kier alpha value is -1.89. The van der Waals surface area contributed by atoms with Gasteiger partial charge in [-0.25, -0.2) is 13.2 Å². The van der Waals surface area contributed by atoms with Crippen LogP contribution in [0.3, 0.4) is 0 Å². The third kappa shape index (κ3) is 2.51. The van der Waals surface area contributed by atoms with Crippen LogP contribution in [0.4, 0.5) is 5.69 Å². The SMILES string of the molecule is CC1(C)[C@H]2CC[C@@]1(CS(=O)(=O)Nc1cccc(C(=O)O)c1)C(=O)C2. The van der Waals surface area contributed by atoms with E-state index in [1.807, 2.05) is 13.8 Å². The third-order valence-electron chi connectivity index (χ3n) is 5.96. The number of nitrogens with one attached hydrogen (secondary N) is 1. The number of carboxylic acids is 1. The molecule has 0 unspecified atom stereocenters. The predicted molar refractivity (Wildman–Crippen MR) is 89.4 cm³/mol. The number of carbonyl (C=O) groups excluding carboxylic acids is 1. The van der Waals surface area contributed by atoms with Crippen LogP contribution < -0.4 is 4.72 Å². The molecule has 6 nitrogen and oxygen atoms in total. The number of carboxylic acid groups (broad SMARTS) is 1. The number of carbonyl (C=O) groups is 2. The molecule has 2 N–H and O–H groups in total. The van der Waals surface area contributed by atoms with Gasteiger partial charge in [-0.15, -0.1) is 0 Å². The molecule has 2 aliphatic carbocycles. The standard InChI is InChI=1S/C17H21NO5S/c1-16(2)12-6-7-17(16,14(19)9-12)10-24(22,23)18-13-5-3-4-11(8-13)15(20)21/h3-5,8,12,18H,6-7,9-10H2,1-2H3,(H,20,21)/t12-,17+/m0/s1. The normalized spacial score (nSPS) is 28.1. The molecule has 2 bridgehead atoms. The highest BCUT2D eigenvalue weighted by atomic mass is 32.2. The molecular weight excluding hydrogens is 330 g/mol. The monoisotopic (exact) mass is 351 g/mol. The van der Waals surface area contributed by atoms with Crippen LogP contribution in [0.25, 0.3) is 0 Å². The second-order valence-electron chi connectivity index (χ2n) is 7.41. The maximum Gasteiger partial charge on any atom is 0.335 e. The maximum absolute atomic E-state index is 12.6. The minimum atomic E-state index is -3.77. The summed E-state index contributed by atoms with van der Waals surface area (Å²) in [5.41, 5.74) is -0.967. The van der Waals surface area contributed by atoms with Crippen LogP contribution in [0.1, 0.15) is 43.5 Å². The number of fused-ring (bicyclic) bond motifs is 2. The Bertz CT molecular complexity index is 814. The van der Waals surface area contributed by atoms with E-state index in [1.165, 1.54) is 24.3 Å². The second-order valence-corrected chi connectivity index (χ2v) is 9.14. The van der Waals surface area contributed by atoms with Gasteiger partial charge in [-0.3, -0.25) is 9.52 Å². The second kappa shape index (κ2) is 5.31. The van der Waals surface area contributed by atoms with Crippen LogP contribution in [0.2, 0.25) is 0 Å². The van der Waals surface area contributed by atoms with Gasteiger partial charge in [-0.2, -0.15) is 0 Å².